The summed E-state index contributed by atoms with van der Waals surface area (Å²) < 4.78 is 18.7. The predicted molar refractivity (Wildman–Crippen MR) is 95.4 cm³/mol. The molecule has 0 bridgehead atoms. The number of hydrogen-bond donors (Lipinski definition) is 2. The molecule has 24 heavy (non-hydrogen) atoms. The Morgan fingerprint density at radius 3 is 2.46 bits per heavy atom. The quantitative estimate of drug-likeness (QED) is 0.507. The summed E-state index contributed by atoms with van der Waals surface area (Å²) in [5, 5.41) is 12.8. The first-order chi connectivity index (χ1) is 11.8. The minimum absolute atomic E-state index is 0.220. The van der Waals surface area contributed by atoms with E-state index in [9.17, 15) is 4.39 Å². The van der Waals surface area contributed by atoms with Crippen LogP contribution in [0.2, 0.25) is 0 Å². The van der Waals surface area contributed by atoms with Crippen molar-refractivity contribution in [3.63, 3.8) is 0 Å². The van der Waals surface area contributed by atoms with Gasteiger partial charge in [0, 0.05) is 30.3 Å². The monoisotopic (exact) mass is 322 g/mol. The number of ether oxygens (including phenoxy) is 1. The minimum atomic E-state index is -0.220. The molecule has 0 spiro atoms. The van der Waals surface area contributed by atoms with E-state index in [-0.39, 0.29) is 5.82 Å². The second kappa shape index (κ2) is 7.70. The van der Waals surface area contributed by atoms with Crippen molar-refractivity contribution in [2.75, 3.05) is 13.2 Å². The molecule has 0 saturated carbocycles. The number of nitrogens with one attached hydrogen (secondary N) is 2. The first-order valence-electron chi connectivity index (χ1n) is 7.88. The van der Waals surface area contributed by atoms with E-state index in [1.54, 1.807) is 12.1 Å². The lowest BCUT2D eigenvalue weighted by Crippen LogP contribution is -2.20. The second-order valence-electron chi connectivity index (χ2n) is 5.49. The standard InChI is InChI=1S/C20H19FN2O/c21-17-8-5-15(6-9-17)14-23-11-12-24-20-10-7-16(13-22)18-3-1-2-4-19(18)20/h1-10,13,22-23H,11-12,14H2. The van der Waals surface area contributed by atoms with Gasteiger partial charge in [0.25, 0.3) is 0 Å². The largest absolute Gasteiger partial charge is 0.492 e. The summed E-state index contributed by atoms with van der Waals surface area (Å²) in [7, 11) is 0. The van der Waals surface area contributed by atoms with E-state index in [0.29, 0.717) is 19.7 Å². The maximum atomic E-state index is 12.8. The van der Waals surface area contributed by atoms with Crippen LogP contribution in [0.15, 0.2) is 60.7 Å². The highest BCUT2D eigenvalue weighted by molar-refractivity contribution is 6.01. The highest BCUT2D eigenvalue weighted by atomic mass is 19.1. The van der Waals surface area contributed by atoms with E-state index in [2.05, 4.69) is 5.32 Å². The van der Waals surface area contributed by atoms with E-state index in [1.165, 1.54) is 18.3 Å². The molecule has 3 aromatic rings. The van der Waals surface area contributed by atoms with Gasteiger partial charge in [-0.3, -0.25) is 0 Å². The average molecular weight is 322 g/mol. The summed E-state index contributed by atoms with van der Waals surface area (Å²) in [6, 6.07) is 18.2. The number of fused-ring (bicyclic) bond motifs is 1. The van der Waals surface area contributed by atoms with Crippen molar-refractivity contribution in [2.24, 2.45) is 0 Å². The molecule has 0 aliphatic carbocycles. The zero-order valence-electron chi connectivity index (χ0n) is 13.3. The molecular weight excluding hydrogens is 303 g/mol. The van der Waals surface area contributed by atoms with Gasteiger partial charge in [-0.2, -0.15) is 0 Å². The fourth-order valence-corrected chi connectivity index (χ4v) is 2.61. The Bertz CT molecular complexity index is 831. The first kappa shape index (κ1) is 16.1. The first-order valence-corrected chi connectivity index (χ1v) is 7.88. The Labute approximate surface area is 140 Å². The Morgan fingerprint density at radius 2 is 1.71 bits per heavy atom. The van der Waals surface area contributed by atoms with Gasteiger partial charge in [0.15, 0.2) is 0 Å². The van der Waals surface area contributed by atoms with Crippen LogP contribution in [0.5, 0.6) is 5.75 Å². The minimum Gasteiger partial charge on any atom is -0.492 e. The average Bonchev–Trinajstić information content (AvgIpc) is 2.63. The molecule has 0 unspecified atom stereocenters. The summed E-state index contributed by atoms with van der Waals surface area (Å²) in [4.78, 5) is 0. The Hall–Kier alpha value is -2.72. The molecule has 122 valence electrons. The predicted octanol–water partition coefficient (Wildman–Crippen LogP) is 4.15. The molecule has 0 aliphatic heterocycles. The van der Waals surface area contributed by atoms with Crippen LogP contribution < -0.4 is 10.1 Å². The van der Waals surface area contributed by atoms with Crippen molar-refractivity contribution in [1.82, 2.24) is 5.32 Å². The molecule has 3 nitrogen and oxygen atoms in total. The molecule has 0 fully saturated rings. The van der Waals surface area contributed by atoms with Crippen molar-refractivity contribution in [3.05, 3.63) is 77.6 Å². The second-order valence-corrected chi connectivity index (χ2v) is 5.49. The van der Waals surface area contributed by atoms with Crippen molar-refractivity contribution >= 4 is 17.0 Å². The van der Waals surface area contributed by atoms with Gasteiger partial charge in [-0.1, -0.05) is 36.4 Å². The van der Waals surface area contributed by atoms with Crippen molar-refractivity contribution < 1.29 is 9.13 Å². The van der Waals surface area contributed by atoms with Crippen LogP contribution in [-0.4, -0.2) is 19.4 Å². The maximum absolute atomic E-state index is 12.8. The number of hydrogen-bond acceptors (Lipinski definition) is 3. The lowest BCUT2D eigenvalue weighted by molar-refractivity contribution is 0.317. The number of benzene rings is 3. The maximum Gasteiger partial charge on any atom is 0.127 e. The normalized spacial score (nSPS) is 10.7. The molecular formula is C20H19FN2O. The van der Waals surface area contributed by atoms with Gasteiger partial charge >= 0.3 is 0 Å². The topological polar surface area (TPSA) is 45.1 Å². The molecule has 0 amide bonds. The van der Waals surface area contributed by atoms with E-state index in [1.807, 2.05) is 36.4 Å². The van der Waals surface area contributed by atoms with E-state index >= 15 is 0 Å². The molecule has 0 saturated heterocycles. The van der Waals surface area contributed by atoms with E-state index < -0.39 is 0 Å². The summed E-state index contributed by atoms with van der Waals surface area (Å²) >= 11 is 0. The fourth-order valence-electron chi connectivity index (χ4n) is 2.61. The van der Waals surface area contributed by atoms with E-state index in [0.717, 1.165) is 27.6 Å². The van der Waals surface area contributed by atoms with Gasteiger partial charge < -0.3 is 15.5 Å². The van der Waals surface area contributed by atoms with Crippen LogP contribution >= 0.6 is 0 Å². The van der Waals surface area contributed by atoms with Crippen molar-refractivity contribution in [1.29, 1.82) is 5.41 Å². The van der Waals surface area contributed by atoms with Crippen LogP contribution in [0.3, 0.4) is 0 Å². The van der Waals surface area contributed by atoms with Crippen LogP contribution in [-0.2, 0) is 6.54 Å². The number of rotatable bonds is 7. The molecule has 0 atom stereocenters. The lowest BCUT2D eigenvalue weighted by Gasteiger charge is -2.11. The summed E-state index contributed by atoms with van der Waals surface area (Å²) in [5.41, 5.74) is 1.92. The Balaban J connectivity index is 1.56. The molecule has 3 rings (SSSR count). The third kappa shape index (κ3) is 3.78. The van der Waals surface area contributed by atoms with Gasteiger partial charge in [-0.05, 0) is 35.2 Å². The molecule has 4 heteroatoms. The summed E-state index contributed by atoms with van der Waals surface area (Å²) in [5.74, 6) is 0.599. The Kier molecular flexibility index (Phi) is 5.18. The zero-order valence-corrected chi connectivity index (χ0v) is 13.3. The third-order valence-electron chi connectivity index (χ3n) is 3.85. The van der Waals surface area contributed by atoms with Crippen molar-refractivity contribution in [2.45, 2.75) is 6.54 Å². The molecule has 0 aliphatic rings. The van der Waals surface area contributed by atoms with Crippen LogP contribution in [0.25, 0.3) is 10.8 Å². The highest BCUT2D eigenvalue weighted by Gasteiger charge is 2.05. The highest BCUT2D eigenvalue weighted by Crippen LogP contribution is 2.27. The fraction of sp³-hybridized carbons (Fsp3) is 0.150. The van der Waals surface area contributed by atoms with Gasteiger partial charge in [0.1, 0.15) is 18.2 Å². The van der Waals surface area contributed by atoms with Crippen molar-refractivity contribution in [3.8, 4) is 5.75 Å². The van der Waals surface area contributed by atoms with Crippen LogP contribution in [0.4, 0.5) is 4.39 Å². The van der Waals surface area contributed by atoms with Gasteiger partial charge in [0.2, 0.25) is 0 Å². The molecule has 0 heterocycles. The molecule has 3 aromatic carbocycles. The smallest absolute Gasteiger partial charge is 0.127 e. The Morgan fingerprint density at radius 1 is 0.958 bits per heavy atom. The summed E-state index contributed by atoms with van der Waals surface area (Å²) in [6.07, 6.45) is 1.36. The molecule has 0 radical (unpaired) electrons. The summed E-state index contributed by atoms with van der Waals surface area (Å²) in [6.45, 7) is 1.91. The lowest BCUT2D eigenvalue weighted by atomic mass is 10.0. The van der Waals surface area contributed by atoms with E-state index in [4.69, 9.17) is 10.1 Å². The number of halogens is 1. The molecule has 2 N–H and O–H groups in total. The third-order valence-corrected chi connectivity index (χ3v) is 3.85. The SMILES string of the molecule is N=Cc1ccc(OCCNCc2ccc(F)cc2)c2ccccc12. The van der Waals surface area contributed by atoms with Crippen LogP contribution in [0.1, 0.15) is 11.1 Å². The van der Waals surface area contributed by atoms with Gasteiger partial charge in [-0.15, -0.1) is 0 Å². The zero-order chi connectivity index (χ0) is 16.8. The molecule has 0 aromatic heterocycles. The van der Waals surface area contributed by atoms with Crippen LogP contribution in [0, 0.1) is 11.2 Å². The van der Waals surface area contributed by atoms with Gasteiger partial charge in [0.05, 0.1) is 0 Å². The van der Waals surface area contributed by atoms with Gasteiger partial charge in [-0.25, -0.2) is 4.39 Å².